The average molecular weight is 329 g/mol. The van der Waals surface area contributed by atoms with Crippen LogP contribution in [0, 0.1) is 5.82 Å². The molecule has 0 amide bonds. The molecule has 118 valence electrons. The molecular weight excluding hydrogens is 313 g/mol. The molecule has 0 aliphatic heterocycles. The Labute approximate surface area is 132 Å². The fourth-order valence-corrected chi connectivity index (χ4v) is 2.41. The molecule has 0 heterocycles. The highest BCUT2D eigenvalue weighted by Crippen LogP contribution is 2.28. The molecule has 0 unspecified atom stereocenters. The van der Waals surface area contributed by atoms with Crippen LogP contribution in [0.5, 0.6) is 5.75 Å². The van der Waals surface area contributed by atoms with E-state index in [9.17, 15) is 13.2 Å². The largest absolute Gasteiger partial charge is 0.489 e. The summed E-state index contributed by atoms with van der Waals surface area (Å²) in [7, 11) is 0. The van der Waals surface area contributed by atoms with Gasteiger partial charge in [0, 0.05) is 11.5 Å². The van der Waals surface area contributed by atoms with Gasteiger partial charge in [0.25, 0.3) is 0 Å². The molecule has 0 bridgehead atoms. The smallest absolute Gasteiger partial charge is 0.245 e. The first-order chi connectivity index (χ1) is 10.5. The van der Waals surface area contributed by atoms with Crippen molar-refractivity contribution in [3.05, 3.63) is 64.4 Å². The summed E-state index contributed by atoms with van der Waals surface area (Å²) in [5.74, 6) is -0.741. The quantitative estimate of drug-likeness (QED) is 0.649. The van der Waals surface area contributed by atoms with Crippen molar-refractivity contribution in [1.82, 2.24) is 0 Å². The first-order valence-electron chi connectivity index (χ1n) is 6.96. The summed E-state index contributed by atoms with van der Waals surface area (Å²) in [4.78, 5) is 0. The molecule has 0 aliphatic carbocycles. The highest BCUT2D eigenvalue weighted by atomic mass is 35.5. The van der Waals surface area contributed by atoms with Crippen LogP contribution >= 0.6 is 11.6 Å². The van der Waals surface area contributed by atoms with Crippen LogP contribution in [-0.2, 0) is 6.61 Å². The zero-order chi connectivity index (χ0) is 16.1. The number of rotatable bonds is 6. The van der Waals surface area contributed by atoms with Gasteiger partial charge in [-0.2, -0.15) is 0 Å². The minimum atomic E-state index is -2.39. The molecule has 0 saturated carbocycles. The lowest BCUT2D eigenvalue weighted by atomic mass is 9.97. The molecule has 0 saturated heterocycles. The van der Waals surface area contributed by atoms with Crippen molar-refractivity contribution in [1.29, 1.82) is 0 Å². The molecule has 2 rings (SSSR count). The van der Waals surface area contributed by atoms with E-state index >= 15 is 0 Å². The molecule has 22 heavy (non-hydrogen) atoms. The van der Waals surface area contributed by atoms with E-state index in [1.165, 1.54) is 12.1 Å². The average Bonchev–Trinajstić information content (AvgIpc) is 2.48. The Bertz CT molecular complexity index is 594. The van der Waals surface area contributed by atoms with Gasteiger partial charge in [-0.25, -0.2) is 13.2 Å². The van der Waals surface area contributed by atoms with E-state index in [-0.39, 0.29) is 12.2 Å². The lowest BCUT2D eigenvalue weighted by Crippen LogP contribution is -2.07. The predicted molar refractivity (Wildman–Crippen MR) is 81.2 cm³/mol. The van der Waals surface area contributed by atoms with Crippen LogP contribution in [0.1, 0.15) is 30.4 Å². The summed E-state index contributed by atoms with van der Waals surface area (Å²) in [6.45, 7) is 1.71. The molecule has 5 heteroatoms. The standard InChI is InChI=1S/C17H16ClF3O/c1-2-13(17(20)21)11-6-8-12(9-7-11)22-10-14-15(18)4-3-5-16(14)19/h3-9,13,17H,2,10H2,1H3/t13-/m1/s1. The summed E-state index contributed by atoms with van der Waals surface area (Å²) in [6.07, 6.45) is -2.03. The van der Waals surface area contributed by atoms with E-state index in [0.717, 1.165) is 0 Å². The molecule has 0 radical (unpaired) electrons. The number of benzene rings is 2. The minimum absolute atomic E-state index is 0.0170. The normalized spacial score (nSPS) is 12.5. The van der Waals surface area contributed by atoms with Crippen molar-refractivity contribution in [3.8, 4) is 5.75 Å². The molecule has 1 nitrogen and oxygen atoms in total. The summed E-state index contributed by atoms with van der Waals surface area (Å²) in [6, 6.07) is 10.8. The van der Waals surface area contributed by atoms with E-state index in [2.05, 4.69) is 0 Å². The Morgan fingerprint density at radius 3 is 2.32 bits per heavy atom. The molecule has 0 aromatic heterocycles. The Morgan fingerprint density at radius 2 is 1.77 bits per heavy atom. The van der Waals surface area contributed by atoms with Crippen LogP contribution in [-0.4, -0.2) is 6.43 Å². The zero-order valence-corrected chi connectivity index (χ0v) is 12.8. The number of alkyl halides is 2. The third-order valence-electron chi connectivity index (χ3n) is 3.50. The third-order valence-corrected chi connectivity index (χ3v) is 3.85. The number of hydrogen-bond donors (Lipinski definition) is 0. The van der Waals surface area contributed by atoms with E-state index in [1.54, 1.807) is 37.3 Å². The highest BCUT2D eigenvalue weighted by Gasteiger charge is 2.20. The van der Waals surface area contributed by atoms with Gasteiger partial charge in [0.15, 0.2) is 0 Å². The zero-order valence-electron chi connectivity index (χ0n) is 12.0. The molecule has 0 spiro atoms. The van der Waals surface area contributed by atoms with Gasteiger partial charge in [-0.3, -0.25) is 0 Å². The topological polar surface area (TPSA) is 9.23 Å². The van der Waals surface area contributed by atoms with Crippen molar-refractivity contribution in [2.45, 2.75) is 32.3 Å². The lowest BCUT2D eigenvalue weighted by molar-refractivity contribution is 0.112. The van der Waals surface area contributed by atoms with E-state index in [0.29, 0.717) is 22.8 Å². The summed E-state index contributed by atoms with van der Waals surface area (Å²) < 4.78 is 44.8. The first kappa shape index (κ1) is 16.7. The fraction of sp³-hybridized carbons (Fsp3) is 0.294. The maximum Gasteiger partial charge on any atom is 0.245 e. The van der Waals surface area contributed by atoms with Crippen molar-refractivity contribution >= 4 is 11.6 Å². The van der Waals surface area contributed by atoms with Crippen molar-refractivity contribution < 1.29 is 17.9 Å². The molecule has 0 fully saturated rings. The van der Waals surface area contributed by atoms with Gasteiger partial charge in [0.05, 0.1) is 5.02 Å². The second-order valence-corrected chi connectivity index (χ2v) is 5.31. The molecule has 2 aromatic rings. The lowest BCUT2D eigenvalue weighted by Gasteiger charge is -2.15. The summed E-state index contributed by atoms with van der Waals surface area (Å²) >= 11 is 5.91. The Morgan fingerprint density at radius 1 is 1.09 bits per heavy atom. The van der Waals surface area contributed by atoms with Crippen molar-refractivity contribution in [3.63, 3.8) is 0 Å². The van der Waals surface area contributed by atoms with Gasteiger partial charge >= 0.3 is 0 Å². The first-order valence-corrected chi connectivity index (χ1v) is 7.34. The molecular formula is C17H16ClF3O. The van der Waals surface area contributed by atoms with Crippen LogP contribution in [0.3, 0.4) is 0 Å². The van der Waals surface area contributed by atoms with Crippen LogP contribution < -0.4 is 4.74 Å². The van der Waals surface area contributed by atoms with E-state index in [1.807, 2.05) is 0 Å². The number of ether oxygens (including phenoxy) is 1. The Hall–Kier alpha value is -1.68. The Kier molecular flexibility index (Phi) is 5.72. The van der Waals surface area contributed by atoms with Crippen molar-refractivity contribution in [2.75, 3.05) is 0 Å². The molecule has 0 aliphatic rings. The van der Waals surface area contributed by atoms with Gasteiger partial charge in [0.2, 0.25) is 6.43 Å². The van der Waals surface area contributed by atoms with Gasteiger partial charge in [0.1, 0.15) is 18.2 Å². The van der Waals surface area contributed by atoms with Crippen LogP contribution in [0.15, 0.2) is 42.5 Å². The summed E-state index contributed by atoms with van der Waals surface area (Å²) in [5.41, 5.74) is 0.834. The maximum absolute atomic E-state index is 13.6. The maximum atomic E-state index is 13.6. The van der Waals surface area contributed by atoms with Gasteiger partial charge < -0.3 is 4.74 Å². The van der Waals surface area contributed by atoms with Gasteiger partial charge in [-0.1, -0.05) is 36.7 Å². The van der Waals surface area contributed by atoms with Crippen LogP contribution in [0.2, 0.25) is 5.02 Å². The Balaban J connectivity index is 2.06. The number of hydrogen-bond acceptors (Lipinski definition) is 1. The van der Waals surface area contributed by atoms with Crippen LogP contribution in [0.25, 0.3) is 0 Å². The monoisotopic (exact) mass is 328 g/mol. The fourth-order valence-electron chi connectivity index (χ4n) is 2.20. The molecule has 1 atom stereocenters. The highest BCUT2D eigenvalue weighted by molar-refractivity contribution is 6.31. The van der Waals surface area contributed by atoms with Gasteiger partial charge in [-0.05, 0) is 36.2 Å². The predicted octanol–water partition coefficient (Wildman–Crippen LogP) is 5.82. The third kappa shape index (κ3) is 3.95. The van der Waals surface area contributed by atoms with E-state index in [4.69, 9.17) is 16.3 Å². The van der Waals surface area contributed by atoms with Gasteiger partial charge in [-0.15, -0.1) is 0 Å². The number of halogens is 4. The minimum Gasteiger partial charge on any atom is -0.489 e. The second kappa shape index (κ2) is 7.54. The van der Waals surface area contributed by atoms with E-state index < -0.39 is 18.2 Å². The second-order valence-electron chi connectivity index (χ2n) is 4.91. The van der Waals surface area contributed by atoms with Crippen LogP contribution in [0.4, 0.5) is 13.2 Å². The van der Waals surface area contributed by atoms with Crippen molar-refractivity contribution in [2.24, 2.45) is 0 Å². The SMILES string of the molecule is CC[C@H](c1ccc(OCc2c(F)cccc2Cl)cc1)C(F)F. The molecule has 0 N–H and O–H groups in total. The summed E-state index contributed by atoms with van der Waals surface area (Å²) in [5, 5.41) is 0.292. The molecule has 2 aromatic carbocycles.